The summed E-state index contributed by atoms with van der Waals surface area (Å²) in [4.78, 5) is 23.6. The molecule has 0 N–H and O–H groups in total. The van der Waals surface area contributed by atoms with Crippen LogP contribution in [0.4, 0.5) is 0 Å². The van der Waals surface area contributed by atoms with Crippen molar-refractivity contribution in [2.24, 2.45) is 0 Å². The average Bonchev–Trinajstić information content (AvgIpc) is 2.83. The Morgan fingerprint density at radius 2 is 1.57 bits per heavy atom. The first-order valence-electron chi connectivity index (χ1n) is 10.0. The Labute approximate surface area is 169 Å². The van der Waals surface area contributed by atoms with Crippen molar-refractivity contribution in [2.75, 3.05) is 14.2 Å². The number of hydrogen-bond acceptors (Lipinski definition) is 4. The van der Waals surface area contributed by atoms with Gasteiger partial charge in [-0.3, -0.25) is 4.79 Å². The summed E-state index contributed by atoms with van der Waals surface area (Å²) in [5.74, 6) is -0.306. The van der Waals surface area contributed by atoms with Gasteiger partial charge >= 0.3 is 5.97 Å². The van der Waals surface area contributed by atoms with E-state index in [9.17, 15) is 9.59 Å². The number of nitrogens with zero attached hydrogens (tertiary/aromatic N) is 1. The molecule has 28 heavy (non-hydrogen) atoms. The van der Waals surface area contributed by atoms with Crippen LogP contribution in [0, 0.1) is 6.92 Å². The number of allylic oxidation sites excluding steroid dienone is 2. The van der Waals surface area contributed by atoms with Crippen molar-refractivity contribution in [3.63, 3.8) is 0 Å². The van der Waals surface area contributed by atoms with Crippen molar-refractivity contribution in [2.45, 2.75) is 71.8 Å². The molecule has 1 aromatic heterocycles. The van der Waals surface area contributed by atoms with Gasteiger partial charge in [-0.25, -0.2) is 4.79 Å². The highest BCUT2D eigenvalue weighted by molar-refractivity contribution is 5.91. The predicted octanol–water partition coefficient (Wildman–Crippen LogP) is 4.94. The molecule has 1 saturated carbocycles. The van der Waals surface area contributed by atoms with Gasteiger partial charge in [0.15, 0.2) is 0 Å². The molecule has 2 aliphatic rings. The second-order valence-corrected chi connectivity index (χ2v) is 7.04. The molecule has 0 spiro atoms. The summed E-state index contributed by atoms with van der Waals surface area (Å²) in [6.45, 7) is 7.02. The van der Waals surface area contributed by atoms with E-state index in [1.54, 1.807) is 14.0 Å². The molecule has 0 radical (unpaired) electrons. The third kappa shape index (κ3) is 7.02. The van der Waals surface area contributed by atoms with E-state index in [0.29, 0.717) is 5.69 Å². The lowest BCUT2D eigenvalue weighted by Crippen LogP contribution is -2.17. The van der Waals surface area contributed by atoms with Gasteiger partial charge in [-0.2, -0.15) is 0 Å². The fraction of sp³-hybridized carbons (Fsp3) is 0.565. The van der Waals surface area contributed by atoms with Crippen molar-refractivity contribution >= 4 is 11.8 Å². The van der Waals surface area contributed by atoms with Crippen molar-refractivity contribution in [3.05, 3.63) is 47.5 Å². The summed E-state index contributed by atoms with van der Waals surface area (Å²) in [6.07, 6.45) is 15.3. The Balaban J connectivity index is 0.000000408. The molecule has 1 heterocycles. The third-order valence-electron chi connectivity index (χ3n) is 4.98. The van der Waals surface area contributed by atoms with E-state index < -0.39 is 0 Å². The topological polar surface area (TPSA) is 57.5 Å². The van der Waals surface area contributed by atoms with Crippen LogP contribution < -0.4 is 0 Å². The molecule has 1 fully saturated rings. The zero-order valence-corrected chi connectivity index (χ0v) is 17.9. The van der Waals surface area contributed by atoms with Crippen molar-refractivity contribution in [1.29, 1.82) is 0 Å². The van der Waals surface area contributed by atoms with Gasteiger partial charge in [0.1, 0.15) is 11.5 Å². The lowest BCUT2D eigenvalue weighted by Gasteiger charge is -2.09. The van der Waals surface area contributed by atoms with Crippen LogP contribution >= 0.6 is 0 Å². The minimum absolute atomic E-state index is 0.0411. The first-order chi connectivity index (χ1) is 13.5. The number of carbonyl (C=O) groups excluding carboxylic acids is 2. The molecule has 0 amide bonds. The van der Waals surface area contributed by atoms with Crippen LogP contribution in [0.15, 0.2) is 25.0 Å². The van der Waals surface area contributed by atoms with Crippen molar-refractivity contribution < 1.29 is 19.1 Å². The van der Waals surface area contributed by atoms with Gasteiger partial charge in [0.05, 0.1) is 27.0 Å². The normalized spacial score (nSPS) is 15.6. The molecule has 2 aliphatic carbocycles. The van der Waals surface area contributed by atoms with Gasteiger partial charge in [0, 0.05) is 5.69 Å². The van der Waals surface area contributed by atoms with Crippen LogP contribution in [0.2, 0.25) is 0 Å². The summed E-state index contributed by atoms with van der Waals surface area (Å²) in [5.41, 5.74) is 3.84. The highest BCUT2D eigenvalue weighted by Crippen LogP contribution is 2.28. The molecule has 5 heteroatoms. The molecule has 3 rings (SSSR count). The first kappa shape index (κ1) is 23.7. The number of hydrogen-bond donors (Lipinski definition) is 0. The predicted molar refractivity (Wildman–Crippen MR) is 113 cm³/mol. The number of carbonyl (C=O) groups is 2. The van der Waals surface area contributed by atoms with E-state index in [1.165, 1.54) is 44.6 Å². The Kier molecular flexibility index (Phi) is 11.0. The zero-order chi connectivity index (χ0) is 20.9. The number of esters is 1. The van der Waals surface area contributed by atoms with Crippen LogP contribution in [-0.4, -0.2) is 30.5 Å². The smallest absolute Gasteiger partial charge is 0.354 e. The molecular weight excluding hydrogens is 354 g/mol. The summed E-state index contributed by atoms with van der Waals surface area (Å²) < 4.78 is 11.1. The van der Waals surface area contributed by atoms with Crippen molar-refractivity contribution in [3.8, 4) is 0 Å². The maximum absolute atomic E-state index is 12.1. The number of ketones is 1. The molecule has 0 unspecified atom stereocenters. The molecule has 0 aliphatic heterocycles. The largest absolute Gasteiger partial charge is 0.505 e. The van der Waals surface area contributed by atoms with E-state index in [0.717, 1.165) is 36.9 Å². The van der Waals surface area contributed by atoms with Crippen LogP contribution in [0.5, 0.6) is 0 Å². The van der Waals surface area contributed by atoms with Crippen molar-refractivity contribution in [1.82, 2.24) is 4.57 Å². The van der Waals surface area contributed by atoms with E-state index in [2.05, 4.69) is 23.5 Å². The Morgan fingerprint density at radius 3 is 1.96 bits per heavy atom. The quantitative estimate of drug-likeness (QED) is 0.416. The Morgan fingerprint density at radius 1 is 1.07 bits per heavy atom. The number of methoxy groups -OCH3 is 2. The Hall–Kier alpha value is -2.30. The van der Waals surface area contributed by atoms with E-state index in [-0.39, 0.29) is 18.3 Å². The zero-order valence-electron chi connectivity index (χ0n) is 17.9. The molecule has 0 aromatic carbocycles. The fourth-order valence-electron chi connectivity index (χ4n) is 3.15. The standard InChI is InChI=1S/C16H21NO3.C4H8.C3H6O/c1-11(18)10-17-12(2)13-8-6-4-5-7-9-14(13)15(17)16(19)20-3;1-2-4-3-1;1-3-4-2/h4-5H,6-10H2,1-3H3;1-4H2;3H,1H2,2H3/b5-4+;;. The number of Topliss-reactive ketones (excluding diaryl/α,β-unsaturated/α-hetero) is 1. The van der Waals surface area contributed by atoms with Gasteiger partial charge in [0.25, 0.3) is 0 Å². The van der Waals surface area contributed by atoms with Crippen LogP contribution in [0.1, 0.15) is 72.8 Å². The van der Waals surface area contributed by atoms with Crippen LogP contribution in [0.3, 0.4) is 0 Å². The molecule has 0 saturated heterocycles. The average molecular weight is 390 g/mol. The molecule has 0 bridgehead atoms. The van der Waals surface area contributed by atoms with Crippen LogP contribution in [0.25, 0.3) is 0 Å². The SMILES string of the molecule is C1CCC1.C=COC.COC(=O)c1c2c(c(C)n1CC(C)=O)CC/C=C/CC2. The Bertz CT molecular complexity index is 677. The van der Waals surface area contributed by atoms with E-state index in [4.69, 9.17) is 4.74 Å². The van der Waals surface area contributed by atoms with Crippen LogP contribution in [-0.2, 0) is 33.7 Å². The molecule has 156 valence electrons. The van der Waals surface area contributed by atoms with Gasteiger partial charge < -0.3 is 14.0 Å². The fourth-order valence-corrected chi connectivity index (χ4v) is 3.15. The molecular formula is C23H35NO4. The summed E-state index contributed by atoms with van der Waals surface area (Å²) in [7, 11) is 2.95. The molecule has 5 nitrogen and oxygen atoms in total. The minimum Gasteiger partial charge on any atom is -0.505 e. The van der Waals surface area contributed by atoms with Gasteiger partial charge in [0.2, 0.25) is 0 Å². The maximum Gasteiger partial charge on any atom is 0.354 e. The number of ether oxygens (including phenoxy) is 2. The lowest BCUT2D eigenvalue weighted by atomic mass is 9.97. The lowest BCUT2D eigenvalue weighted by molar-refractivity contribution is -0.117. The highest BCUT2D eigenvalue weighted by atomic mass is 16.5. The van der Waals surface area contributed by atoms with E-state index in [1.807, 2.05) is 11.5 Å². The molecule has 1 aromatic rings. The minimum atomic E-state index is -0.347. The number of fused-ring (bicyclic) bond motifs is 1. The van der Waals surface area contributed by atoms with Gasteiger partial charge in [-0.05, 0) is 50.7 Å². The van der Waals surface area contributed by atoms with Gasteiger partial charge in [-0.15, -0.1) is 0 Å². The summed E-state index contributed by atoms with van der Waals surface area (Å²) in [6, 6.07) is 0. The number of aromatic nitrogens is 1. The summed E-state index contributed by atoms with van der Waals surface area (Å²) in [5, 5.41) is 0. The monoisotopic (exact) mass is 389 g/mol. The maximum atomic E-state index is 12.1. The van der Waals surface area contributed by atoms with Gasteiger partial charge in [-0.1, -0.05) is 44.4 Å². The molecule has 0 atom stereocenters. The number of rotatable bonds is 4. The highest BCUT2D eigenvalue weighted by Gasteiger charge is 2.25. The second kappa shape index (κ2) is 13.0. The first-order valence-corrected chi connectivity index (χ1v) is 10.0. The summed E-state index contributed by atoms with van der Waals surface area (Å²) >= 11 is 0. The third-order valence-corrected chi connectivity index (χ3v) is 4.98. The second-order valence-electron chi connectivity index (χ2n) is 7.04. The van der Waals surface area contributed by atoms with E-state index >= 15 is 0 Å².